The topological polar surface area (TPSA) is 3.24 Å². The molecule has 1 heterocycles. The number of benzene rings is 1. The maximum absolute atomic E-state index is 13.7. The first-order valence-corrected chi connectivity index (χ1v) is 4.89. The third kappa shape index (κ3) is 1.08. The van der Waals surface area contributed by atoms with Crippen molar-refractivity contribution in [3.05, 3.63) is 35.1 Å². The fraction of sp³-hybridized carbons (Fsp3) is 0.455. The number of nitrogens with zero attached hydrogens (tertiary/aromatic N) is 1. The Kier molecular flexibility index (Phi) is 1.52. The van der Waals surface area contributed by atoms with Crippen molar-refractivity contribution in [1.82, 2.24) is 4.90 Å². The Labute approximate surface area is 81.3 Å². The van der Waals surface area contributed by atoms with Crippen molar-refractivity contribution < 1.29 is 8.78 Å². The van der Waals surface area contributed by atoms with Crippen LogP contribution in [0.3, 0.4) is 0 Å². The second-order valence-corrected chi connectivity index (χ2v) is 4.15. The molecule has 0 saturated heterocycles. The number of halogens is 2. The summed E-state index contributed by atoms with van der Waals surface area (Å²) in [6, 6.07) is 5.01. The molecule has 0 amide bonds. The van der Waals surface area contributed by atoms with Gasteiger partial charge in [0.1, 0.15) is 5.82 Å². The molecule has 1 aliphatic carbocycles. The average Bonchev–Trinajstić information content (AvgIpc) is 2.77. The summed E-state index contributed by atoms with van der Waals surface area (Å²) >= 11 is 0. The predicted octanol–water partition coefficient (Wildman–Crippen LogP) is 2.60. The number of rotatable bonds is 1. The van der Waals surface area contributed by atoms with Gasteiger partial charge in [0.15, 0.2) is 5.79 Å². The van der Waals surface area contributed by atoms with Crippen LogP contribution in [0.1, 0.15) is 24.0 Å². The second-order valence-electron chi connectivity index (χ2n) is 4.15. The van der Waals surface area contributed by atoms with Gasteiger partial charge >= 0.3 is 0 Å². The van der Waals surface area contributed by atoms with Crippen LogP contribution in [0.25, 0.3) is 0 Å². The van der Waals surface area contributed by atoms with E-state index in [2.05, 4.69) is 0 Å². The molecule has 0 spiro atoms. The summed E-state index contributed by atoms with van der Waals surface area (Å²) in [5.74, 6) is -1.33. The monoisotopic (exact) mass is 195 g/mol. The van der Waals surface area contributed by atoms with Crippen LogP contribution in [-0.4, -0.2) is 10.7 Å². The van der Waals surface area contributed by atoms with Crippen molar-refractivity contribution in [2.24, 2.45) is 0 Å². The first-order chi connectivity index (χ1) is 6.69. The van der Waals surface area contributed by atoms with Crippen LogP contribution in [0.5, 0.6) is 0 Å². The molecule has 0 radical (unpaired) electrons. The highest BCUT2D eigenvalue weighted by molar-refractivity contribution is 5.32. The summed E-state index contributed by atoms with van der Waals surface area (Å²) in [7, 11) is 0. The normalized spacial score (nSPS) is 23.6. The van der Waals surface area contributed by atoms with Gasteiger partial charge in [-0.05, 0) is 24.5 Å². The average molecular weight is 195 g/mol. The molecule has 0 atom stereocenters. The highest BCUT2D eigenvalue weighted by atomic mass is 19.1. The Hall–Kier alpha value is -0.960. The first-order valence-electron chi connectivity index (χ1n) is 4.89. The minimum atomic E-state index is -1.13. The molecule has 1 saturated carbocycles. The molecular formula is C11H11F2N. The van der Waals surface area contributed by atoms with Crippen molar-refractivity contribution >= 4 is 0 Å². The molecular weight excluding hydrogens is 184 g/mol. The minimum Gasteiger partial charge on any atom is -0.263 e. The Morgan fingerprint density at radius 1 is 1.21 bits per heavy atom. The second kappa shape index (κ2) is 2.54. The van der Waals surface area contributed by atoms with E-state index < -0.39 is 5.79 Å². The van der Waals surface area contributed by atoms with Gasteiger partial charge in [0.05, 0.1) is 0 Å². The third-order valence-electron chi connectivity index (χ3n) is 3.16. The Morgan fingerprint density at radius 2 is 2.00 bits per heavy atom. The van der Waals surface area contributed by atoms with Crippen LogP contribution in [-0.2, 0) is 13.1 Å². The summed E-state index contributed by atoms with van der Waals surface area (Å²) in [6.45, 7) is 0.988. The molecule has 1 aliphatic heterocycles. The van der Waals surface area contributed by atoms with E-state index in [1.807, 2.05) is 6.07 Å². The van der Waals surface area contributed by atoms with E-state index in [9.17, 15) is 8.78 Å². The van der Waals surface area contributed by atoms with Crippen LogP contribution in [0, 0.1) is 5.82 Å². The molecule has 1 fully saturated rings. The predicted molar refractivity (Wildman–Crippen MR) is 48.7 cm³/mol. The van der Waals surface area contributed by atoms with Crippen molar-refractivity contribution in [3.8, 4) is 0 Å². The Bertz CT molecular complexity index is 385. The highest BCUT2D eigenvalue weighted by Gasteiger charge is 2.50. The van der Waals surface area contributed by atoms with Crippen LogP contribution >= 0.6 is 0 Å². The number of hydrogen-bond acceptors (Lipinski definition) is 1. The van der Waals surface area contributed by atoms with Crippen molar-refractivity contribution in [3.63, 3.8) is 0 Å². The van der Waals surface area contributed by atoms with E-state index in [4.69, 9.17) is 0 Å². The van der Waals surface area contributed by atoms with E-state index in [1.54, 1.807) is 11.0 Å². The van der Waals surface area contributed by atoms with Crippen LogP contribution in [0.15, 0.2) is 18.2 Å². The van der Waals surface area contributed by atoms with E-state index in [-0.39, 0.29) is 5.82 Å². The molecule has 74 valence electrons. The highest BCUT2D eigenvalue weighted by Crippen LogP contribution is 2.47. The molecule has 14 heavy (non-hydrogen) atoms. The molecule has 0 bridgehead atoms. The largest absolute Gasteiger partial charge is 0.263 e. The fourth-order valence-electron chi connectivity index (χ4n) is 2.08. The smallest absolute Gasteiger partial charge is 0.165 e. The van der Waals surface area contributed by atoms with Crippen LogP contribution in [0.4, 0.5) is 8.78 Å². The van der Waals surface area contributed by atoms with E-state index in [0.717, 1.165) is 5.56 Å². The van der Waals surface area contributed by atoms with Crippen LogP contribution < -0.4 is 0 Å². The Balaban J connectivity index is 1.94. The lowest BCUT2D eigenvalue weighted by Gasteiger charge is -2.18. The summed E-state index contributed by atoms with van der Waals surface area (Å²) in [5, 5.41) is 0. The molecule has 1 nitrogen and oxygen atoms in total. The molecule has 1 aromatic rings. The zero-order valence-corrected chi connectivity index (χ0v) is 7.76. The SMILES string of the molecule is Fc1cccc2c1CN(C1(F)CC1)C2. The summed E-state index contributed by atoms with van der Waals surface area (Å²) in [4.78, 5) is 1.74. The van der Waals surface area contributed by atoms with Gasteiger partial charge in [0.2, 0.25) is 0 Å². The van der Waals surface area contributed by atoms with Gasteiger partial charge in [-0.2, -0.15) is 0 Å². The molecule has 2 aliphatic rings. The van der Waals surface area contributed by atoms with Gasteiger partial charge in [-0.15, -0.1) is 0 Å². The lowest BCUT2D eigenvalue weighted by molar-refractivity contribution is 0.0547. The summed E-state index contributed by atoms with van der Waals surface area (Å²) in [5.41, 5.74) is 1.62. The maximum atomic E-state index is 13.7. The van der Waals surface area contributed by atoms with Gasteiger partial charge in [-0.3, -0.25) is 4.90 Å². The quantitative estimate of drug-likeness (QED) is 0.622. The maximum Gasteiger partial charge on any atom is 0.165 e. The zero-order valence-electron chi connectivity index (χ0n) is 7.76. The molecule has 0 unspecified atom stereocenters. The number of fused-ring (bicyclic) bond motifs is 1. The molecule has 0 N–H and O–H groups in total. The molecule has 1 aromatic carbocycles. The number of hydrogen-bond donors (Lipinski definition) is 0. The summed E-state index contributed by atoms with van der Waals surface area (Å²) < 4.78 is 27.0. The van der Waals surface area contributed by atoms with Crippen LogP contribution in [0.2, 0.25) is 0 Å². The van der Waals surface area contributed by atoms with Gasteiger partial charge in [-0.25, -0.2) is 8.78 Å². The molecule has 3 rings (SSSR count). The van der Waals surface area contributed by atoms with Crippen molar-refractivity contribution in [1.29, 1.82) is 0 Å². The van der Waals surface area contributed by atoms with Crippen molar-refractivity contribution in [2.75, 3.05) is 0 Å². The van der Waals surface area contributed by atoms with Gasteiger partial charge in [-0.1, -0.05) is 12.1 Å². The van der Waals surface area contributed by atoms with E-state index >= 15 is 0 Å². The minimum absolute atomic E-state index is 0.200. The summed E-state index contributed by atoms with van der Waals surface area (Å²) in [6.07, 6.45) is 1.20. The molecule has 0 aromatic heterocycles. The van der Waals surface area contributed by atoms with Gasteiger partial charge in [0.25, 0.3) is 0 Å². The zero-order chi connectivity index (χ0) is 9.76. The lowest BCUT2D eigenvalue weighted by Crippen LogP contribution is -2.28. The molecule has 3 heteroatoms. The Morgan fingerprint density at radius 3 is 2.64 bits per heavy atom. The lowest BCUT2D eigenvalue weighted by atomic mass is 10.1. The van der Waals surface area contributed by atoms with Crippen molar-refractivity contribution in [2.45, 2.75) is 31.7 Å². The fourth-order valence-corrected chi connectivity index (χ4v) is 2.08. The van der Waals surface area contributed by atoms with Gasteiger partial charge in [0, 0.05) is 18.7 Å². The van der Waals surface area contributed by atoms with E-state index in [1.165, 1.54) is 6.07 Å². The third-order valence-corrected chi connectivity index (χ3v) is 3.16. The standard InChI is InChI=1S/C11H11F2N/c12-10-3-1-2-8-6-14(7-9(8)10)11(13)4-5-11/h1-3H,4-7H2. The van der Waals surface area contributed by atoms with Gasteiger partial charge < -0.3 is 0 Å². The van der Waals surface area contributed by atoms with E-state index in [0.29, 0.717) is 31.5 Å². The number of alkyl halides is 1. The first kappa shape index (κ1) is 8.36.